The van der Waals surface area contributed by atoms with E-state index in [0.717, 1.165) is 5.56 Å². The van der Waals surface area contributed by atoms with Crippen LogP contribution in [0.2, 0.25) is 0 Å². The summed E-state index contributed by atoms with van der Waals surface area (Å²) < 4.78 is 19.7. The van der Waals surface area contributed by atoms with Crippen molar-refractivity contribution in [2.24, 2.45) is 5.92 Å². The Kier molecular flexibility index (Phi) is 4.45. The van der Waals surface area contributed by atoms with Gasteiger partial charge < -0.3 is 14.7 Å². The zero-order valence-corrected chi connectivity index (χ0v) is 12.6. The third kappa shape index (κ3) is 3.31. The number of hydrogen-bond acceptors (Lipinski definition) is 3. The second-order valence-electron chi connectivity index (χ2n) is 6.41. The molecule has 3 rings (SSSR count). The first kappa shape index (κ1) is 15.4. The van der Waals surface area contributed by atoms with Crippen molar-refractivity contribution >= 4 is 5.91 Å². The Morgan fingerprint density at radius 3 is 2.73 bits per heavy atom. The van der Waals surface area contributed by atoms with Crippen LogP contribution in [0.5, 0.6) is 0 Å². The molecule has 0 aromatic heterocycles. The van der Waals surface area contributed by atoms with Gasteiger partial charge in [0.05, 0.1) is 25.9 Å². The molecule has 1 saturated heterocycles. The van der Waals surface area contributed by atoms with Gasteiger partial charge in [-0.25, -0.2) is 4.39 Å². The normalized spacial score (nSPS) is 31.1. The van der Waals surface area contributed by atoms with Gasteiger partial charge in [-0.2, -0.15) is 0 Å². The summed E-state index contributed by atoms with van der Waals surface area (Å²) in [6.07, 6.45) is 1.77. The minimum absolute atomic E-state index is 0.00698. The van der Waals surface area contributed by atoms with E-state index in [-0.39, 0.29) is 30.9 Å². The lowest BCUT2D eigenvalue weighted by molar-refractivity contribution is -0.144. The maximum Gasteiger partial charge on any atom is 0.225 e. The maximum atomic E-state index is 14.0. The number of nitrogens with zero attached hydrogens (tertiary/aromatic N) is 1. The highest BCUT2D eigenvalue weighted by atomic mass is 19.1. The highest BCUT2D eigenvalue weighted by Gasteiger charge is 2.44. The van der Waals surface area contributed by atoms with E-state index in [4.69, 9.17) is 9.84 Å². The number of carbonyl (C=O) groups excluding carboxylic acids is 1. The summed E-state index contributed by atoms with van der Waals surface area (Å²) in [5.41, 5.74) is -0.482. The predicted octanol–water partition coefficient (Wildman–Crippen LogP) is 1.91. The van der Waals surface area contributed by atoms with Gasteiger partial charge in [-0.15, -0.1) is 0 Å². The number of ether oxygens (including phenoxy) is 1. The summed E-state index contributed by atoms with van der Waals surface area (Å²) in [5.74, 6) is -0.0469. The summed E-state index contributed by atoms with van der Waals surface area (Å²) in [6, 6.07) is 9.95. The van der Waals surface area contributed by atoms with Crippen molar-refractivity contribution in [3.63, 3.8) is 0 Å². The fourth-order valence-electron chi connectivity index (χ4n) is 3.10. The smallest absolute Gasteiger partial charge is 0.225 e. The molecule has 4 nitrogen and oxygen atoms in total. The third-order valence-electron chi connectivity index (χ3n) is 4.67. The van der Waals surface area contributed by atoms with Crippen LogP contribution >= 0.6 is 0 Å². The van der Waals surface area contributed by atoms with Gasteiger partial charge in [-0.1, -0.05) is 30.3 Å². The third-order valence-corrected chi connectivity index (χ3v) is 4.67. The molecule has 1 heterocycles. The van der Waals surface area contributed by atoms with Gasteiger partial charge in [0.1, 0.15) is 0 Å². The Bertz CT molecular complexity index is 518. The summed E-state index contributed by atoms with van der Waals surface area (Å²) in [5, 5.41) is 9.02. The van der Waals surface area contributed by atoms with Crippen LogP contribution in [0, 0.1) is 5.92 Å². The molecule has 1 N–H and O–H groups in total. The van der Waals surface area contributed by atoms with Crippen LogP contribution in [0.1, 0.15) is 24.8 Å². The summed E-state index contributed by atoms with van der Waals surface area (Å²) in [4.78, 5) is 13.8. The molecule has 1 aliphatic carbocycles. The van der Waals surface area contributed by atoms with Gasteiger partial charge >= 0.3 is 0 Å². The number of hydrogen-bond donors (Lipinski definition) is 1. The summed E-state index contributed by atoms with van der Waals surface area (Å²) in [7, 11) is 0. The number of benzene rings is 1. The van der Waals surface area contributed by atoms with Crippen molar-refractivity contribution in [3.05, 3.63) is 35.9 Å². The molecule has 1 saturated carbocycles. The number of alkyl halides is 1. The number of halogens is 1. The molecule has 0 spiro atoms. The molecule has 22 heavy (non-hydrogen) atoms. The minimum atomic E-state index is -1.61. The van der Waals surface area contributed by atoms with Crippen LogP contribution in [0.4, 0.5) is 4.39 Å². The molecule has 2 fully saturated rings. The summed E-state index contributed by atoms with van der Waals surface area (Å²) in [6.45, 7) is 0.481. The molecule has 1 aromatic rings. The van der Waals surface area contributed by atoms with Crippen molar-refractivity contribution in [1.82, 2.24) is 4.90 Å². The van der Waals surface area contributed by atoms with E-state index in [1.807, 2.05) is 30.3 Å². The van der Waals surface area contributed by atoms with Crippen LogP contribution in [-0.2, 0) is 16.1 Å². The number of carbonyl (C=O) groups is 1. The van der Waals surface area contributed by atoms with Gasteiger partial charge in [0, 0.05) is 18.9 Å². The first-order valence-corrected chi connectivity index (χ1v) is 7.84. The molecule has 5 heteroatoms. The largest absolute Gasteiger partial charge is 0.393 e. The molecule has 1 amide bonds. The Hall–Kier alpha value is -1.46. The van der Waals surface area contributed by atoms with Gasteiger partial charge in [0.25, 0.3) is 0 Å². The zero-order chi connectivity index (χ0) is 15.6. The first-order valence-electron chi connectivity index (χ1n) is 7.84. The van der Waals surface area contributed by atoms with Crippen LogP contribution in [0.15, 0.2) is 30.3 Å². The fourth-order valence-corrected chi connectivity index (χ4v) is 3.10. The van der Waals surface area contributed by atoms with E-state index >= 15 is 0 Å². The van der Waals surface area contributed by atoms with Crippen LogP contribution < -0.4 is 0 Å². The molecule has 2 aliphatic rings. The second kappa shape index (κ2) is 6.34. The molecule has 1 unspecified atom stereocenters. The van der Waals surface area contributed by atoms with Gasteiger partial charge in [0.15, 0.2) is 5.67 Å². The topological polar surface area (TPSA) is 49.8 Å². The average molecular weight is 307 g/mol. The Morgan fingerprint density at radius 2 is 2.09 bits per heavy atom. The van der Waals surface area contributed by atoms with Crippen molar-refractivity contribution in [3.8, 4) is 0 Å². The molecule has 1 aliphatic heterocycles. The molecule has 0 radical (unpaired) electrons. The summed E-state index contributed by atoms with van der Waals surface area (Å²) >= 11 is 0. The van der Waals surface area contributed by atoms with E-state index < -0.39 is 12.3 Å². The van der Waals surface area contributed by atoms with Crippen molar-refractivity contribution in [1.29, 1.82) is 0 Å². The van der Waals surface area contributed by atoms with E-state index in [0.29, 0.717) is 26.0 Å². The second-order valence-corrected chi connectivity index (χ2v) is 6.41. The highest BCUT2D eigenvalue weighted by molar-refractivity contribution is 5.80. The predicted molar refractivity (Wildman–Crippen MR) is 79.9 cm³/mol. The number of aliphatic hydroxyl groups excluding tert-OH is 1. The van der Waals surface area contributed by atoms with Gasteiger partial charge in [0.2, 0.25) is 5.91 Å². The maximum absolute atomic E-state index is 14.0. The van der Waals surface area contributed by atoms with Crippen LogP contribution in [-0.4, -0.2) is 47.4 Å². The molecule has 0 bridgehead atoms. The SMILES string of the molecule is O=C(C1CC(OCc2ccccc2)C1)N1CCC(F)(CO)C1. The number of likely N-dealkylation sites (tertiary alicyclic amines) is 1. The van der Waals surface area contributed by atoms with Crippen LogP contribution in [0.3, 0.4) is 0 Å². The lowest BCUT2D eigenvalue weighted by atomic mass is 9.81. The van der Waals surface area contributed by atoms with Gasteiger partial charge in [-0.05, 0) is 18.4 Å². The number of amides is 1. The molecular weight excluding hydrogens is 285 g/mol. The van der Waals surface area contributed by atoms with Crippen molar-refractivity contribution < 1.29 is 19.0 Å². The average Bonchev–Trinajstić information content (AvgIpc) is 2.90. The van der Waals surface area contributed by atoms with E-state index in [1.165, 1.54) is 0 Å². The lowest BCUT2D eigenvalue weighted by Gasteiger charge is -2.36. The lowest BCUT2D eigenvalue weighted by Crippen LogP contribution is -2.45. The standard InChI is InChI=1S/C17H22FNO3/c18-17(12-20)6-7-19(11-17)16(21)14-8-15(9-14)22-10-13-4-2-1-3-5-13/h1-5,14-15,20H,6-12H2. The quantitative estimate of drug-likeness (QED) is 0.904. The fraction of sp³-hybridized carbons (Fsp3) is 0.588. The molecular formula is C17H22FNO3. The van der Waals surface area contributed by atoms with Crippen molar-refractivity contribution in [2.75, 3.05) is 19.7 Å². The Morgan fingerprint density at radius 1 is 1.36 bits per heavy atom. The zero-order valence-electron chi connectivity index (χ0n) is 12.6. The van der Waals surface area contributed by atoms with Crippen molar-refractivity contribution in [2.45, 2.75) is 37.6 Å². The first-order chi connectivity index (χ1) is 10.6. The molecule has 1 atom stereocenters. The Balaban J connectivity index is 1.41. The Labute approximate surface area is 129 Å². The minimum Gasteiger partial charge on any atom is -0.393 e. The number of aliphatic hydroxyl groups is 1. The van der Waals surface area contributed by atoms with Gasteiger partial charge in [-0.3, -0.25) is 4.79 Å². The number of rotatable bonds is 5. The monoisotopic (exact) mass is 307 g/mol. The van der Waals surface area contributed by atoms with E-state index in [2.05, 4.69) is 0 Å². The van der Waals surface area contributed by atoms with E-state index in [1.54, 1.807) is 4.90 Å². The highest BCUT2D eigenvalue weighted by Crippen LogP contribution is 2.35. The molecule has 120 valence electrons. The van der Waals surface area contributed by atoms with Crippen LogP contribution in [0.25, 0.3) is 0 Å². The molecule has 1 aromatic carbocycles. The van der Waals surface area contributed by atoms with E-state index in [9.17, 15) is 9.18 Å².